The summed E-state index contributed by atoms with van der Waals surface area (Å²) in [5.41, 5.74) is 0. The summed E-state index contributed by atoms with van der Waals surface area (Å²) in [6, 6.07) is 0.347. The molecule has 0 aromatic rings. The van der Waals surface area contributed by atoms with Crippen LogP contribution < -0.4 is 10.6 Å². The Morgan fingerprint density at radius 1 is 1.26 bits per heavy atom. The molecule has 1 aliphatic rings. The van der Waals surface area contributed by atoms with E-state index in [1.54, 1.807) is 0 Å². The Morgan fingerprint density at radius 2 is 1.91 bits per heavy atom. The lowest BCUT2D eigenvalue weighted by atomic mass is 9.93. The molecular formula is C15H32N4O3S. The molecule has 0 aromatic carbocycles. The number of guanidine groups is 1. The zero-order valence-corrected chi connectivity index (χ0v) is 15.4. The van der Waals surface area contributed by atoms with Crippen molar-refractivity contribution in [1.82, 2.24) is 14.9 Å². The molecule has 3 N–H and O–H groups in total. The van der Waals surface area contributed by atoms with E-state index in [-0.39, 0.29) is 6.10 Å². The summed E-state index contributed by atoms with van der Waals surface area (Å²) in [6.45, 7) is 6.21. The molecule has 0 unspecified atom stereocenters. The van der Waals surface area contributed by atoms with Gasteiger partial charge in [0.15, 0.2) is 5.96 Å². The zero-order chi connectivity index (χ0) is 17.3. The summed E-state index contributed by atoms with van der Waals surface area (Å²) in [6.07, 6.45) is 5.33. The Bertz CT molecular complexity index is 459. The van der Waals surface area contributed by atoms with Crippen LogP contribution in [0.2, 0.25) is 0 Å². The lowest BCUT2D eigenvalue weighted by Gasteiger charge is -2.27. The molecule has 0 saturated heterocycles. The molecule has 1 saturated carbocycles. The quantitative estimate of drug-likeness (QED) is 0.338. The minimum Gasteiger partial charge on any atom is -0.393 e. The van der Waals surface area contributed by atoms with Crippen molar-refractivity contribution in [2.75, 3.05) is 32.4 Å². The van der Waals surface area contributed by atoms with Gasteiger partial charge in [-0.25, -0.2) is 12.7 Å². The molecule has 0 radical (unpaired) electrons. The van der Waals surface area contributed by atoms with Crippen molar-refractivity contribution >= 4 is 16.0 Å². The molecule has 1 fully saturated rings. The molecule has 136 valence electrons. The summed E-state index contributed by atoms with van der Waals surface area (Å²) < 4.78 is 24.5. The standard InChI is InChI=1S/C15H32N4O3S/c1-4-16-15(18-13-7-9-14(20)10-8-13)17-11-6-12-19(5-2)23(3,21)22/h13-14,20H,4-12H2,1-3H3,(H2,16,17,18). The minimum absolute atomic E-state index is 0.163. The number of nitrogens with zero attached hydrogens (tertiary/aromatic N) is 2. The highest BCUT2D eigenvalue weighted by Crippen LogP contribution is 2.18. The predicted molar refractivity (Wildman–Crippen MR) is 94.1 cm³/mol. The predicted octanol–water partition coefficient (Wildman–Crippen LogP) is 0.517. The van der Waals surface area contributed by atoms with E-state index < -0.39 is 10.0 Å². The highest BCUT2D eigenvalue weighted by atomic mass is 32.2. The molecule has 0 amide bonds. The Labute approximate surface area is 140 Å². The maximum atomic E-state index is 11.5. The van der Waals surface area contributed by atoms with Crippen LogP contribution in [0.4, 0.5) is 0 Å². The van der Waals surface area contributed by atoms with Gasteiger partial charge in [0.1, 0.15) is 0 Å². The normalized spacial score (nSPS) is 23.1. The Hall–Kier alpha value is -0.860. The maximum Gasteiger partial charge on any atom is 0.211 e. The lowest BCUT2D eigenvalue weighted by molar-refractivity contribution is 0.120. The van der Waals surface area contributed by atoms with E-state index in [0.29, 0.717) is 32.1 Å². The monoisotopic (exact) mass is 348 g/mol. The third kappa shape index (κ3) is 7.99. The van der Waals surface area contributed by atoms with E-state index in [0.717, 1.165) is 38.2 Å². The highest BCUT2D eigenvalue weighted by molar-refractivity contribution is 7.88. The van der Waals surface area contributed by atoms with Crippen LogP contribution in [0.25, 0.3) is 0 Å². The summed E-state index contributed by atoms with van der Waals surface area (Å²) in [4.78, 5) is 4.53. The number of sulfonamides is 1. The summed E-state index contributed by atoms with van der Waals surface area (Å²) in [5.74, 6) is 0.774. The fraction of sp³-hybridized carbons (Fsp3) is 0.933. The van der Waals surface area contributed by atoms with Crippen molar-refractivity contribution in [2.24, 2.45) is 4.99 Å². The average molecular weight is 349 g/mol. The van der Waals surface area contributed by atoms with Gasteiger partial charge in [0.25, 0.3) is 0 Å². The topological polar surface area (TPSA) is 94.0 Å². The number of nitrogens with one attached hydrogen (secondary N) is 2. The molecule has 8 heteroatoms. The minimum atomic E-state index is -3.12. The zero-order valence-electron chi connectivity index (χ0n) is 14.6. The van der Waals surface area contributed by atoms with Gasteiger partial charge in [-0.2, -0.15) is 0 Å². The molecule has 0 aliphatic heterocycles. The molecule has 1 aliphatic carbocycles. The van der Waals surface area contributed by atoms with Gasteiger partial charge >= 0.3 is 0 Å². The first-order chi connectivity index (χ1) is 10.9. The maximum absolute atomic E-state index is 11.5. The molecule has 1 rings (SSSR count). The van der Waals surface area contributed by atoms with E-state index in [2.05, 4.69) is 15.6 Å². The Kier molecular flexibility index (Phi) is 8.86. The fourth-order valence-electron chi connectivity index (χ4n) is 2.73. The van der Waals surface area contributed by atoms with E-state index in [9.17, 15) is 13.5 Å². The smallest absolute Gasteiger partial charge is 0.211 e. The van der Waals surface area contributed by atoms with Crippen LogP contribution >= 0.6 is 0 Å². The third-order valence-electron chi connectivity index (χ3n) is 4.04. The number of rotatable bonds is 8. The van der Waals surface area contributed by atoms with Crippen LogP contribution in [0.15, 0.2) is 4.99 Å². The molecule has 7 nitrogen and oxygen atoms in total. The molecule has 0 heterocycles. The van der Waals surface area contributed by atoms with Gasteiger partial charge in [0.2, 0.25) is 10.0 Å². The third-order valence-corrected chi connectivity index (χ3v) is 5.42. The van der Waals surface area contributed by atoms with E-state index in [4.69, 9.17) is 0 Å². The van der Waals surface area contributed by atoms with Crippen LogP contribution in [0.1, 0.15) is 46.0 Å². The van der Waals surface area contributed by atoms with Gasteiger partial charge in [-0.3, -0.25) is 4.99 Å². The van der Waals surface area contributed by atoms with Gasteiger partial charge in [0, 0.05) is 32.2 Å². The number of aliphatic hydroxyl groups excluding tert-OH is 1. The van der Waals surface area contributed by atoms with Gasteiger partial charge in [-0.05, 0) is 39.0 Å². The van der Waals surface area contributed by atoms with E-state index in [1.165, 1.54) is 10.6 Å². The van der Waals surface area contributed by atoms with Gasteiger partial charge in [-0.15, -0.1) is 0 Å². The first-order valence-corrected chi connectivity index (χ1v) is 10.4. The first-order valence-electron chi connectivity index (χ1n) is 8.54. The summed E-state index contributed by atoms with van der Waals surface area (Å²) in [5, 5.41) is 16.2. The number of aliphatic hydroxyl groups is 1. The Morgan fingerprint density at radius 3 is 2.43 bits per heavy atom. The summed E-state index contributed by atoms with van der Waals surface area (Å²) >= 11 is 0. The van der Waals surface area contributed by atoms with Crippen molar-refractivity contribution in [3.63, 3.8) is 0 Å². The number of aliphatic imine (C=N–C) groups is 1. The first kappa shape index (κ1) is 20.2. The van der Waals surface area contributed by atoms with Crippen LogP contribution in [0, 0.1) is 0 Å². The van der Waals surface area contributed by atoms with E-state index in [1.807, 2.05) is 13.8 Å². The highest BCUT2D eigenvalue weighted by Gasteiger charge is 2.20. The molecule has 0 aromatic heterocycles. The molecule has 0 atom stereocenters. The van der Waals surface area contributed by atoms with Gasteiger partial charge < -0.3 is 15.7 Å². The van der Waals surface area contributed by atoms with Crippen LogP contribution in [0.5, 0.6) is 0 Å². The number of hydrogen-bond donors (Lipinski definition) is 3. The number of hydrogen-bond acceptors (Lipinski definition) is 4. The van der Waals surface area contributed by atoms with Crippen LogP contribution in [-0.4, -0.2) is 68.4 Å². The van der Waals surface area contributed by atoms with Crippen LogP contribution in [-0.2, 0) is 10.0 Å². The lowest BCUT2D eigenvalue weighted by Crippen LogP contribution is -2.45. The van der Waals surface area contributed by atoms with Crippen molar-refractivity contribution in [1.29, 1.82) is 0 Å². The molecule has 23 heavy (non-hydrogen) atoms. The van der Waals surface area contributed by atoms with Crippen LogP contribution in [0.3, 0.4) is 0 Å². The summed E-state index contributed by atoms with van der Waals surface area (Å²) in [7, 11) is -3.12. The Balaban J connectivity index is 2.42. The second kappa shape index (κ2) is 10.1. The van der Waals surface area contributed by atoms with Crippen molar-refractivity contribution in [3.8, 4) is 0 Å². The average Bonchev–Trinajstić information content (AvgIpc) is 2.48. The molecule has 0 spiro atoms. The van der Waals surface area contributed by atoms with Gasteiger partial charge in [-0.1, -0.05) is 6.92 Å². The second-order valence-corrected chi connectivity index (χ2v) is 8.00. The van der Waals surface area contributed by atoms with Gasteiger partial charge in [0.05, 0.1) is 12.4 Å². The SMILES string of the molecule is CCNC(=NCCCN(CC)S(C)(=O)=O)NC1CCC(O)CC1. The van der Waals surface area contributed by atoms with Crippen molar-refractivity contribution in [2.45, 2.75) is 58.1 Å². The molecule has 0 bridgehead atoms. The largest absolute Gasteiger partial charge is 0.393 e. The van der Waals surface area contributed by atoms with Crippen molar-refractivity contribution < 1.29 is 13.5 Å². The fourth-order valence-corrected chi connectivity index (χ4v) is 3.66. The second-order valence-electron chi connectivity index (χ2n) is 6.02. The van der Waals surface area contributed by atoms with Crippen molar-refractivity contribution in [3.05, 3.63) is 0 Å². The van der Waals surface area contributed by atoms with E-state index >= 15 is 0 Å². The molecular weight excluding hydrogens is 316 g/mol.